The smallest absolute Gasteiger partial charge is 0.346 e. The molecule has 3 aromatic rings. The quantitative estimate of drug-likeness (QED) is 0.117. The van der Waals surface area contributed by atoms with E-state index < -0.39 is 11.8 Å². The van der Waals surface area contributed by atoms with Crippen molar-refractivity contribution in [2.75, 3.05) is 19.0 Å². The number of esters is 1. The number of benzene rings is 3. The van der Waals surface area contributed by atoms with Crippen molar-refractivity contribution in [2.24, 2.45) is 16.1 Å². The van der Waals surface area contributed by atoms with Gasteiger partial charge >= 0.3 is 5.97 Å². The monoisotopic (exact) mass is 515 g/mol. The third-order valence-corrected chi connectivity index (χ3v) is 7.44. The second-order valence-electron chi connectivity index (χ2n) is 10.4. The van der Waals surface area contributed by atoms with Crippen molar-refractivity contribution >= 4 is 23.0 Å². The predicted octanol–water partition coefficient (Wildman–Crippen LogP) is 9.38. The lowest BCUT2D eigenvalue weighted by atomic mass is 9.77. The summed E-state index contributed by atoms with van der Waals surface area (Å²) in [5.41, 5.74) is 3.18. The van der Waals surface area contributed by atoms with E-state index in [1.54, 1.807) is 6.07 Å². The molecule has 0 saturated heterocycles. The van der Waals surface area contributed by atoms with E-state index in [-0.39, 0.29) is 5.56 Å². The van der Waals surface area contributed by atoms with E-state index in [0.29, 0.717) is 23.0 Å². The lowest BCUT2D eigenvalue weighted by Gasteiger charge is -2.29. The molecule has 3 aromatic carbocycles. The number of ether oxygens (including phenoxy) is 1. The summed E-state index contributed by atoms with van der Waals surface area (Å²) in [5, 5.41) is 8.24. The molecule has 38 heavy (non-hydrogen) atoms. The molecule has 0 N–H and O–H groups in total. The van der Waals surface area contributed by atoms with Crippen LogP contribution in [0.15, 0.2) is 77.0 Å². The first-order valence-electron chi connectivity index (χ1n) is 13.7. The van der Waals surface area contributed by atoms with Gasteiger partial charge in [0.1, 0.15) is 11.6 Å². The van der Waals surface area contributed by atoms with Crippen LogP contribution in [-0.4, -0.2) is 20.1 Å². The number of carbonyl (C=O) groups excluding carboxylic acids is 1. The van der Waals surface area contributed by atoms with E-state index in [1.165, 1.54) is 69.1 Å². The molecule has 0 aromatic heterocycles. The van der Waals surface area contributed by atoms with E-state index in [0.717, 1.165) is 11.6 Å². The van der Waals surface area contributed by atoms with Gasteiger partial charge in [-0.2, -0.15) is 10.2 Å². The Hall–Kier alpha value is -3.54. The molecule has 1 saturated carbocycles. The Morgan fingerprint density at radius 3 is 2.18 bits per heavy atom. The Kier molecular flexibility index (Phi) is 9.63. The van der Waals surface area contributed by atoms with Gasteiger partial charge in [0, 0.05) is 25.8 Å². The Balaban J connectivity index is 1.31. The molecule has 200 valence electrons. The van der Waals surface area contributed by atoms with Gasteiger partial charge in [-0.3, -0.25) is 0 Å². The van der Waals surface area contributed by atoms with Gasteiger partial charge in [0.2, 0.25) is 0 Å². The SMILES string of the molecule is CCCCCC1CCC(c2ccc(OC(=O)c3ccc(N=Nc4ccc(N(C)C)cc4)cc3F)cc2)CC1. The first-order valence-corrected chi connectivity index (χ1v) is 13.7. The van der Waals surface area contributed by atoms with Crippen LogP contribution < -0.4 is 9.64 Å². The van der Waals surface area contributed by atoms with Gasteiger partial charge in [-0.15, -0.1) is 0 Å². The van der Waals surface area contributed by atoms with Gasteiger partial charge < -0.3 is 9.64 Å². The molecule has 1 aliphatic carbocycles. The van der Waals surface area contributed by atoms with Crippen LogP contribution in [-0.2, 0) is 0 Å². The molecule has 1 fully saturated rings. The number of hydrogen-bond acceptors (Lipinski definition) is 5. The summed E-state index contributed by atoms with van der Waals surface area (Å²) in [6.45, 7) is 2.26. The van der Waals surface area contributed by atoms with Gasteiger partial charge in [0.05, 0.1) is 16.9 Å². The number of rotatable bonds is 10. The number of hydrogen-bond donors (Lipinski definition) is 0. The van der Waals surface area contributed by atoms with Crippen LogP contribution in [0.2, 0.25) is 0 Å². The lowest BCUT2D eigenvalue weighted by molar-refractivity contribution is 0.0730. The second-order valence-corrected chi connectivity index (χ2v) is 10.4. The maximum atomic E-state index is 14.7. The van der Waals surface area contributed by atoms with E-state index >= 15 is 0 Å². The van der Waals surface area contributed by atoms with Crippen molar-refractivity contribution in [1.29, 1.82) is 0 Å². The molecule has 4 rings (SSSR count). The van der Waals surface area contributed by atoms with E-state index in [1.807, 2.05) is 67.5 Å². The van der Waals surface area contributed by atoms with Gasteiger partial charge in [-0.05, 0) is 91.6 Å². The fourth-order valence-corrected chi connectivity index (χ4v) is 5.10. The lowest BCUT2D eigenvalue weighted by Crippen LogP contribution is -2.13. The highest BCUT2D eigenvalue weighted by Gasteiger charge is 2.22. The van der Waals surface area contributed by atoms with Gasteiger partial charge in [0.25, 0.3) is 0 Å². The van der Waals surface area contributed by atoms with Crippen molar-refractivity contribution < 1.29 is 13.9 Å². The highest BCUT2D eigenvalue weighted by molar-refractivity contribution is 5.91. The Labute approximate surface area is 225 Å². The molecule has 0 bridgehead atoms. The molecular weight excluding hydrogens is 477 g/mol. The van der Waals surface area contributed by atoms with Crippen LogP contribution in [0, 0.1) is 11.7 Å². The zero-order chi connectivity index (χ0) is 26.9. The molecule has 0 amide bonds. The minimum atomic E-state index is -0.731. The highest BCUT2D eigenvalue weighted by Crippen LogP contribution is 2.38. The Morgan fingerprint density at radius 1 is 0.895 bits per heavy atom. The summed E-state index contributed by atoms with van der Waals surface area (Å²) in [6, 6.07) is 19.4. The normalized spacial score (nSPS) is 17.5. The topological polar surface area (TPSA) is 54.3 Å². The number of anilines is 1. The van der Waals surface area contributed by atoms with Gasteiger partial charge in [0.15, 0.2) is 0 Å². The second kappa shape index (κ2) is 13.3. The number of halogens is 1. The van der Waals surface area contributed by atoms with Crippen LogP contribution >= 0.6 is 0 Å². The van der Waals surface area contributed by atoms with Crippen molar-refractivity contribution in [2.45, 2.75) is 64.2 Å². The fourth-order valence-electron chi connectivity index (χ4n) is 5.10. The van der Waals surface area contributed by atoms with Crippen LogP contribution in [0.4, 0.5) is 21.5 Å². The average molecular weight is 516 g/mol. The molecule has 0 atom stereocenters. The number of carbonyl (C=O) groups is 1. The average Bonchev–Trinajstić information content (AvgIpc) is 2.93. The minimum Gasteiger partial charge on any atom is -0.423 e. The highest BCUT2D eigenvalue weighted by atomic mass is 19.1. The van der Waals surface area contributed by atoms with Crippen molar-refractivity contribution in [3.05, 3.63) is 83.7 Å². The van der Waals surface area contributed by atoms with Crippen LogP contribution in [0.3, 0.4) is 0 Å². The number of unbranched alkanes of at least 4 members (excludes halogenated alkanes) is 2. The van der Waals surface area contributed by atoms with Crippen LogP contribution in [0.25, 0.3) is 0 Å². The van der Waals surface area contributed by atoms with Crippen molar-refractivity contribution in [3.8, 4) is 5.75 Å². The molecule has 1 aliphatic rings. The Morgan fingerprint density at radius 2 is 1.55 bits per heavy atom. The first-order chi connectivity index (χ1) is 18.4. The molecule has 5 nitrogen and oxygen atoms in total. The molecule has 0 heterocycles. The zero-order valence-corrected chi connectivity index (χ0v) is 22.7. The summed E-state index contributed by atoms with van der Waals surface area (Å²) < 4.78 is 20.2. The molecule has 0 radical (unpaired) electrons. The molecular formula is C32H38FN3O2. The van der Waals surface area contributed by atoms with Crippen molar-refractivity contribution in [1.82, 2.24) is 0 Å². The van der Waals surface area contributed by atoms with E-state index in [2.05, 4.69) is 17.2 Å². The van der Waals surface area contributed by atoms with Gasteiger partial charge in [-0.25, -0.2) is 9.18 Å². The van der Waals surface area contributed by atoms with E-state index in [4.69, 9.17) is 4.74 Å². The van der Waals surface area contributed by atoms with E-state index in [9.17, 15) is 9.18 Å². The Bertz CT molecular complexity index is 1210. The largest absolute Gasteiger partial charge is 0.423 e. The third-order valence-electron chi connectivity index (χ3n) is 7.44. The molecule has 0 unspecified atom stereocenters. The number of azo groups is 1. The summed E-state index contributed by atoms with van der Waals surface area (Å²) in [5.74, 6) is 0.423. The van der Waals surface area contributed by atoms with Crippen molar-refractivity contribution in [3.63, 3.8) is 0 Å². The summed E-state index contributed by atoms with van der Waals surface area (Å²) in [7, 11) is 3.92. The summed E-state index contributed by atoms with van der Waals surface area (Å²) in [4.78, 5) is 14.6. The predicted molar refractivity (Wildman–Crippen MR) is 152 cm³/mol. The maximum absolute atomic E-state index is 14.7. The first kappa shape index (κ1) is 27.5. The molecule has 6 heteroatoms. The maximum Gasteiger partial charge on any atom is 0.346 e. The minimum absolute atomic E-state index is 0.134. The standard InChI is InChI=1S/C32H38FN3O2/c1-4-5-6-7-23-8-10-24(11-9-23)25-12-19-29(20-13-25)38-32(37)30-21-16-27(22-31(30)33)35-34-26-14-17-28(18-15-26)36(2)3/h12-24H,4-11H2,1-3H3. The number of nitrogens with zero attached hydrogens (tertiary/aromatic N) is 3. The van der Waals surface area contributed by atoms with Gasteiger partial charge in [-0.1, -0.05) is 44.7 Å². The zero-order valence-electron chi connectivity index (χ0n) is 22.7. The summed E-state index contributed by atoms with van der Waals surface area (Å²) in [6.07, 6.45) is 10.4. The molecule has 0 spiro atoms. The summed E-state index contributed by atoms with van der Waals surface area (Å²) >= 11 is 0. The molecule has 0 aliphatic heterocycles. The van der Waals surface area contributed by atoms with Crippen LogP contribution in [0.1, 0.15) is 80.1 Å². The fraction of sp³-hybridized carbons (Fsp3) is 0.406. The van der Waals surface area contributed by atoms with Crippen LogP contribution in [0.5, 0.6) is 5.75 Å². The third kappa shape index (κ3) is 7.50.